The molecule has 2 aromatic rings. The Kier molecular flexibility index (Phi) is 6.49. The van der Waals surface area contributed by atoms with Gasteiger partial charge in [-0.25, -0.2) is 13.1 Å². The molecule has 7 nitrogen and oxygen atoms in total. The van der Waals surface area contributed by atoms with Crippen LogP contribution in [0.1, 0.15) is 18.9 Å². The monoisotopic (exact) mass is 364 g/mol. The van der Waals surface area contributed by atoms with Gasteiger partial charge in [0.15, 0.2) is 0 Å². The summed E-state index contributed by atoms with van der Waals surface area (Å²) < 4.78 is 32.1. The van der Waals surface area contributed by atoms with Crippen LogP contribution < -0.4 is 9.46 Å². The Bertz CT molecular complexity index is 802. The molecule has 0 aromatic heterocycles. The number of non-ortho nitro benzene ring substituents is 1. The summed E-state index contributed by atoms with van der Waals surface area (Å²) in [6, 6.07) is 12.4. The van der Waals surface area contributed by atoms with Gasteiger partial charge in [0.25, 0.3) is 5.69 Å². The van der Waals surface area contributed by atoms with Crippen molar-refractivity contribution in [1.29, 1.82) is 0 Å². The molecule has 0 amide bonds. The van der Waals surface area contributed by atoms with Gasteiger partial charge >= 0.3 is 0 Å². The standard InChI is InChI=1S/C17H20N2O5S/c1-2-3-14-4-8-16(9-5-14)24-13-12-18-25(22,23)17-10-6-15(7-11-17)19(20)21/h4-11,18H,2-3,12-13H2,1H3. The fraction of sp³-hybridized carbons (Fsp3) is 0.294. The predicted octanol–water partition coefficient (Wildman–Crippen LogP) is 2.90. The van der Waals surface area contributed by atoms with Gasteiger partial charge in [-0.15, -0.1) is 0 Å². The van der Waals surface area contributed by atoms with E-state index in [1.807, 2.05) is 24.3 Å². The first-order valence-corrected chi connectivity index (χ1v) is 9.36. The second-order valence-electron chi connectivity index (χ2n) is 5.39. The van der Waals surface area contributed by atoms with Crippen LogP contribution in [-0.4, -0.2) is 26.5 Å². The van der Waals surface area contributed by atoms with Gasteiger partial charge < -0.3 is 4.74 Å². The van der Waals surface area contributed by atoms with E-state index in [1.54, 1.807) is 0 Å². The van der Waals surface area contributed by atoms with E-state index in [4.69, 9.17) is 4.74 Å². The minimum atomic E-state index is -3.72. The van der Waals surface area contributed by atoms with Crippen LogP contribution in [0.25, 0.3) is 0 Å². The molecule has 0 aliphatic heterocycles. The highest BCUT2D eigenvalue weighted by Gasteiger charge is 2.15. The SMILES string of the molecule is CCCc1ccc(OCCNS(=O)(=O)c2ccc([N+](=O)[O-])cc2)cc1. The lowest BCUT2D eigenvalue weighted by molar-refractivity contribution is -0.384. The first kappa shape index (κ1) is 18.9. The molecule has 134 valence electrons. The molecule has 0 saturated carbocycles. The molecule has 8 heteroatoms. The van der Waals surface area contributed by atoms with Crippen molar-refractivity contribution in [3.05, 3.63) is 64.2 Å². The average Bonchev–Trinajstić information content (AvgIpc) is 2.60. The lowest BCUT2D eigenvalue weighted by Crippen LogP contribution is -2.28. The Balaban J connectivity index is 1.84. The summed E-state index contributed by atoms with van der Waals surface area (Å²) in [5.41, 5.74) is 1.07. The molecule has 0 spiro atoms. The zero-order valence-corrected chi connectivity index (χ0v) is 14.7. The van der Waals surface area contributed by atoms with Crippen LogP contribution in [0.5, 0.6) is 5.75 Å². The number of nitro benzene ring substituents is 1. The fourth-order valence-corrected chi connectivity index (χ4v) is 3.23. The second kappa shape index (κ2) is 8.59. The maximum Gasteiger partial charge on any atom is 0.269 e. The van der Waals surface area contributed by atoms with Crippen molar-refractivity contribution in [2.45, 2.75) is 24.7 Å². The van der Waals surface area contributed by atoms with Gasteiger partial charge in [-0.2, -0.15) is 0 Å². The van der Waals surface area contributed by atoms with Crippen LogP contribution >= 0.6 is 0 Å². The number of ether oxygens (including phenoxy) is 1. The van der Waals surface area contributed by atoms with E-state index in [2.05, 4.69) is 11.6 Å². The highest BCUT2D eigenvalue weighted by molar-refractivity contribution is 7.89. The van der Waals surface area contributed by atoms with Crippen molar-refractivity contribution in [1.82, 2.24) is 4.72 Å². The van der Waals surface area contributed by atoms with Crippen LogP contribution in [0.3, 0.4) is 0 Å². The normalized spacial score (nSPS) is 11.2. The van der Waals surface area contributed by atoms with Crippen LogP contribution in [-0.2, 0) is 16.4 Å². The minimum absolute atomic E-state index is 0.0259. The van der Waals surface area contributed by atoms with E-state index in [0.29, 0.717) is 5.75 Å². The molecule has 0 aliphatic rings. The van der Waals surface area contributed by atoms with E-state index in [9.17, 15) is 18.5 Å². The van der Waals surface area contributed by atoms with Crippen LogP contribution in [0.2, 0.25) is 0 Å². The molecule has 25 heavy (non-hydrogen) atoms. The summed E-state index contributed by atoms with van der Waals surface area (Å²) in [5.74, 6) is 0.675. The number of hydrogen-bond donors (Lipinski definition) is 1. The van der Waals surface area contributed by atoms with E-state index < -0.39 is 14.9 Å². The quantitative estimate of drug-likeness (QED) is 0.419. The number of rotatable bonds is 9. The summed E-state index contributed by atoms with van der Waals surface area (Å²) >= 11 is 0. The van der Waals surface area contributed by atoms with Crippen molar-refractivity contribution in [3.8, 4) is 5.75 Å². The Morgan fingerprint density at radius 2 is 1.72 bits per heavy atom. The largest absolute Gasteiger partial charge is 0.492 e. The number of aryl methyl sites for hydroxylation is 1. The Morgan fingerprint density at radius 3 is 2.28 bits per heavy atom. The molecule has 0 atom stereocenters. The molecule has 2 aromatic carbocycles. The molecule has 0 heterocycles. The van der Waals surface area contributed by atoms with Gasteiger partial charge in [0, 0.05) is 18.7 Å². The van der Waals surface area contributed by atoms with Gasteiger partial charge in [-0.05, 0) is 36.2 Å². The summed E-state index contributed by atoms with van der Waals surface area (Å²) in [6.07, 6.45) is 2.08. The number of hydrogen-bond acceptors (Lipinski definition) is 5. The minimum Gasteiger partial charge on any atom is -0.492 e. The number of sulfonamides is 1. The topological polar surface area (TPSA) is 98.5 Å². The van der Waals surface area contributed by atoms with Gasteiger partial charge in [0.05, 0.1) is 9.82 Å². The molecular weight excluding hydrogens is 344 g/mol. The van der Waals surface area contributed by atoms with Crippen LogP contribution in [0, 0.1) is 10.1 Å². The van der Waals surface area contributed by atoms with Gasteiger partial charge in [-0.1, -0.05) is 25.5 Å². The maximum atomic E-state index is 12.1. The molecule has 2 rings (SSSR count). The lowest BCUT2D eigenvalue weighted by atomic mass is 10.1. The smallest absolute Gasteiger partial charge is 0.269 e. The molecular formula is C17H20N2O5S. The Labute approximate surface area is 146 Å². The van der Waals surface area contributed by atoms with Gasteiger partial charge in [0.1, 0.15) is 12.4 Å². The molecule has 0 unspecified atom stereocenters. The van der Waals surface area contributed by atoms with Crippen molar-refractivity contribution in [3.63, 3.8) is 0 Å². The highest BCUT2D eigenvalue weighted by atomic mass is 32.2. The number of nitro groups is 1. The highest BCUT2D eigenvalue weighted by Crippen LogP contribution is 2.16. The second-order valence-corrected chi connectivity index (χ2v) is 7.16. The third kappa shape index (κ3) is 5.54. The average molecular weight is 364 g/mol. The molecule has 0 fully saturated rings. The molecule has 0 saturated heterocycles. The number of nitrogens with zero attached hydrogens (tertiary/aromatic N) is 1. The lowest BCUT2D eigenvalue weighted by Gasteiger charge is -2.09. The zero-order valence-electron chi connectivity index (χ0n) is 13.8. The van der Waals surface area contributed by atoms with E-state index in [-0.39, 0.29) is 23.7 Å². The van der Waals surface area contributed by atoms with E-state index >= 15 is 0 Å². The summed E-state index contributed by atoms with van der Waals surface area (Å²) in [7, 11) is -3.72. The van der Waals surface area contributed by atoms with Crippen molar-refractivity contribution in [2.24, 2.45) is 0 Å². The number of benzene rings is 2. The Hall–Kier alpha value is -2.45. The number of nitrogens with one attached hydrogen (secondary N) is 1. The van der Waals surface area contributed by atoms with Crippen LogP contribution in [0.4, 0.5) is 5.69 Å². The summed E-state index contributed by atoms with van der Waals surface area (Å²) in [5, 5.41) is 10.6. The third-order valence-electron chi connectivity index (χ3n) is 3.48. The summed E-state index contributed by atoms with van der Waals surface area (Å²) in [4.78, 5) is 9.98. The van der Waals surface area contributed by atoms with Crippen molar-refractivity contribution in [2.75, 3.05) is 13.2 Å². The fourth-order valence-electron chi connectivity index (χ4n) is 2.22. The molecule has 0 aliphatic carbocycles. The third-order valence-corrected chi connectivity index (χ3v) is 4.96. The van der Waals surface area contributed by atoms with Crippen LogP contribution in [0.15, 0.2) is 53.4 Å². The van der Waals surface area contributed by atoms with Gasteiger partial charge in [-0.3, -0.25) is 10.1 Å². The van der Waals surface area contributed by atoms with Crippen molar-refractivity contribution >= 4 is 15.7 Å². The summed E-state index contributed by atoms with van der Waals surface area (Å²) in [6.45, 7) is 2.39. The van der Waals surface area contributed by atoms with E-state index in [1.165, 1.54) is 17.7 Å². The zero-order chi connectivity index (χ0) is 18.3. The Morgan fingerprint density at radius 1 is 1.08 bits per heavy atom. The molecule has 1 N–H and O–H groups in total. The first-order chi connectivity index (χ1) is 11.9. The van der Waals surface area contributed by atoms with Gasteiger partial charge in [0.2, 0.25) is 10.0 Å². The first-order valence-electron chi connectivity index (χ1n) is 7.88. The molecule has 0 radical (unpaired) electrons. The molecule has 0 bridgehead atoms. The van der Waals surface area contributed by atoms with Crippen molar-refractivity contribution < 1.29 is 18.1 Å². The maximum absolute atomic E-state index is 12.1. The van der Waals surface area contributed by atoms with E-state index in [0.717, 1.165) is 25.0 Å². The predicted molar refractivity (Wildman–Crippen MR) is 94.2 cm³/mol.